The smallest absolute Gasteiger partial charge is 0.222 e. The third kappa shape index (κ3) is 4.84. The molecule has 1 N–H and O–H groups in total. The van der Waals surface area contributed by atoms with Gasteiger partial charge in [-0.3, -0.25) is 9.78 Å². The highest BCUT2D eigenvalue weighted by Gasteiger charge is 2.18. The number of carbonyl (C=O) groups excluding carboxylic acids is 1. The number of carbonyl (C=O) groups is 1. The SMILES string of the molecule is CCOCCC(=O)N[C@H](c1cccnc1)C(C)C. The summed E-state index contributed by atoms with van der Waals surface area (Å²) in [5, 5.41) is 3.03. The van der Waals surface area contributed by atoms with Crippen molar-refractivity contribution in [3.63, 3.8) is 0 Å². The minimum absolute atomic E-state index is 0.00725. The molecular weight excluding hydrogens is 228 g/mol. The molecule has 0 saturated heterocycles. The highest BCUT2D eigenvalue weighted by molar-refractivity contribution is 5.76. The Morgan fingerprint density at radius 1 is 1.50 bits per heavy atom. The zero-order valence-corrected chi connectivity index (χ0v) is 11.3. The molecule has 18 heavy (non-hydrogen) atoms. The number of pyridine rings is 1. The lowest BCUT2D eigenvalue weighted by atomic mass is 9.97. The van der Waals surface area contributed by atoms with Crippen LogP contribution in [-0.2, 0) is 9.53 Å². The molecule has 1 atom stereocenters. The Labute approximate surface area is 109 Å². The van der Waals surface area contributed by atoms with Gasteiger partial charge in [-0.25, -0.2) is 0 Å². The van der Waals surface area contributed by atoms with Crippen molar-refractivity contribution < 1.29 is 9.53 Å². The summed E-state index contributed by atoms with van der Waals surface area (Å²) < 4.78 is 5.18. The quantitative estimate of drug-likeness (QED) is 0.756. The van der Waals surface area contributed by atoms with Crippen molar-refractivity contribution in [3.8, 4) is 0 Å². The largest absolute Gasteiger partial charge is 0.381 e. The van der Waals surface area contributed by atoms with Crippen molar-refractivity contribution >= 4 is 5.91 Å². The predicted molar refractivity (Wildman–Crippen MR) is 71.1 cm³/mol. The monoisotopic (exact) mass is 250 g/mol. The van der Waals surface area contributed by atoms with Crippen LogP contribution in [0, 0.1) is 5.92 Å². The van der Waals surface area contributed by atoms with Crippen LogP contribution >= 0.6 is 0 Å². The Kier molecular flexibility index (Phi) is 6.36. The molecule has 0 unspecified atom stereocenters. The molecule has 1 rings (SSSR count). The first kappa shape index (κ1) is 14.6. The summed E-state index contributed by atoms with van der Waals surface area (Å²) in [5.74, 6) is 0.344. The van der Waals surface area contributed by atoms with Crippen molar-refractivity contribution in [2.24, 2.45) is 5.92 Å². The molecule has 1 aromatic rings. The summed E-state index contributed by atoms with van der Waals surface area (Å²) in [6, 6.07) is 3.88. The fourth-order valence-electron chi connectivity index (χ4n) is 1.75. The number of amides is 1. The van der Waals surface area contributed by atoms with Gasteiger partial charge >= 0.3 is 0 Å². The van der Waals surface area contributed by atoms with Gasteiger partial charge in [0.1, 0.15) is 0 Å². The van der Waals surface area contributed by atoms with Gasteiger partial charge in [0.15, 0.2) is 0 Å². The summed E-state index contributed by atoms with van der Waals surface area (Å²) >= 11 is 0. The first-order chi connectivity index (χ1) is 8.65. The Bertz CT molecular complexity index is 352. The Morgan fingerprint density at radius 2 is 2.28 bits per heavy atom. The predicted octanol–water partition coefficient (Wildman–Crippen LogP) is 2.32. The minimum Gasteiger partial charge on any atom is -0.381 e. The Hall–Kier alpha value is -1.42. The lowest BCUT2D eigenvalue weighted by Gasteiger charge is -2.22. The van der Waals surface area contributed by atoms with Crippen molar-refractivity contribution in [2.75, 3.05) is 13.2 Å². The lowest BCUT2D eigenvalue weighted by Crippen LogP contribution is -2.32. The normalized spacial score (nSPS) is 12.4. The average Bonchev–Trinajstić information content (AvgIpc) is 2.37. The van der Waals surface area contributed by atoms with Crippen molar-refractivity contribution in [1.82, 2.24) is 10.3 Å². The zero-order chi connectivity index (χ0) is 13.4. The first-order valence-electron chi connectivity index (χ1n) is 6.42. The van der Waals surface area contributed by atoms with Crippen LogP contribution in [0.1, 0.15) is 38.8 Å². The number of hydrogen-bond donors (Lipinski definition) is 1. The van der Waals surface area contributed by atoms with Gasteiger partial charge < -0.3 is 10.1 Å². The van der Waals surface area contributed by atoms with Gasteiger partial charge in [0, 0.05) is 25.4 Å². The molecular formula is C14H22N2O2. The maximum absolute atomic E-state index is 11.8. The van der Waals surface area contributed by atoms with E-state index < -0.39 is 0 Å². The van der Waals surface area contributed by atoms with Gasteiger partial charge in [0.25, 0.3) is 0 Å². The molecule has 0 spiro atoms. The third-order valence-corrected chi connectivity index (χ3v) is 2.70. The number of rotatable bonds is 7. The Morgan fingerprint density at radius 3 is 2.83 bits per heavy atom. The summed E-state index contributed by atoms with van der Waals surface area (Å²) in [4.78, 5) is 15.9. The van der Waals surface area contributed by atoms with Crippen molar-refractivity contribution in [2.45, 2.75) is 33.2 Å². The molecule has 4 heteroatoms. The fraction of sp³-hybridized carbons (Fsp3) is 0.571. The van der Waals surface area contributed by atoms with Crippen LogP contribution in [0.15, 0.2) is 24.5 Å². The fourth-order valence-corrected chi connectivity index (χ4v) is 1.75. The van der Waals surface area contributed by atoms with E-state index in [0.29, 0.717) is 25.6 Å². The summed E-state index contributed by atoms with van der Waals surface area (Å²) in [7, 11) is 0. The highest BCUT2D eigenvalue weighted by atomic mass is 16.5. The topological polar surface area (TPSA) is 51.2 Å². The van der Waals surface area contributed by atoms with E-state index in [1.807, 2.05) is 19.1 Å². The van der Waals surface area contributed by atoms with E-state index in [1.165, 1.54) is 0 Å². The number of nitrogens with one attached hydrogen (secondary N) is 1. The zero-order valence-electron chi connectivity index (χ0n) is 11.3. The van der Waals surface area contributed by atoms with Gasteiger partial charge in [-0.1, -0.05) is 19.9 Å². The van der Waals surface area contributed by atoms with E-state index >= 15 is 0 Å². The molecule has 0 radical (unpaired) electrons. The van der Waals surface area contributed by atoms with Crippen LogP contribution in [0.25, 0.3) is 0 Å². The molecule has 0 aliphatic carbocycles. The molecule has 1 amide bonds. The standard InChI is InChI=1S/C14H22N2O2/c1-4-18-9-7-13(17)16-14(11(2)3)12-6-5-8-15-10-12/h5-6,8,10-11,14H,4,7,9H2,1-3H3,(H,16,17)/t14-/m0/s1. The van der Waals surface area contributed by atoms with Gasteiger partial charge in [0.2, 0.25) is 5.91 Å². The number of aromatic nitrogens is 1. The van der Waals surface area contributed by atoms with E-state index in [0.717, 1.165) is 5.56 Å². The lowest BCUT2D eigenvalue weighted by molar-refractivity contribution is -0.123. The molecule has 1 aromatic heterocycles. The molecule has 0 aliphatic heterocycles. The van der Waals surface area contributed by atoms with Gasteiger partial charge in [-0.15, -0.1) is 0 Å². The van der Waals surface area contributed by atoms with E-state index in [4.69, 9.17) is 4.74 Å². The second-order valence-corrected chi connectivity index (χ2v) is 4.52. The Balaban J connectivity index is 2.56. The summed E-state index contributed by atoms with van der Waals surface area (Å²) in [6.45, 7) is 7.20. The molecule has 0 bridgehead atoms. The molecule has 100 valence electrons. The van der Waals surface area contributed by atoms with E-state index in [2.05, 4.69) is 24.1 Å². The van der Waals surface area contributed by atoms with Crippen molar-refractivity contribution in [3.05, 3.63) is 30.1 Å². The van der Waals surface area contributed by atoms with E-state index in [-0.39, 0.29) is 11.9 Å². The maximum atomic E-state index is 11.8. The first-order valence-corrected chi connectivity index (χ1v) is 6.42. The molecule has 0 aromatic carbocycles. The maximum Gasteiger partial charge on any atom is 0.222 e. The molecule has 4 nitrogen and oxygen atoms in total. The molecule has 0 fully saturated rings. The van der Waals surface area contributed by atoms with Crippen LogP contribution in [0.4, 0.5) is 0 Å². The second-order valence-electron chi connectivity index (χ2n) is 4.52. The van der Waals surface area contributed by atoms with Crippen LogP contribution in [0.2, 0.25) is 0 Å². The van der Waals surface area contributed by atoms with Crippen LogP contribution in [0.3, 0.4) is 0 Å². The van der Waals surface area contributed by atoms with Gasteiger partial charge in [0.05, 0.1) is 12.6 Å². The third-order valence-electron chi connectivity index (χ3n) is 2.70. The van der Waals surface area contributed by atoms with Crippen LogP contribution in [-0.4, -0.2) is 24.1 Å². The number of ether oxygens (including phenoxy) is 1. The number of hydrogen-bond acceptors (Lipinski definition) is 3. The average molecular weight is 250 g/mol. The van der Waals surface area contributed by atoms with Gasteiger partial charge in [-0.05, 0) is 24.5 Å². The van der Waals surface area contributed by atoms with Crippen molar-refractivity contribution in [1.29, 1.82) is 0 Å². The van der Waals surface area contributed by atoms with Crippen LogP contribution in [0.5, 0.6) is 0 Å². The summed E-state index contributed by atoms with van der Waals surface area (Å²) in [5.41, 5.74) is 1.04. The minimum atomic E-state index is 0.00725. The highest BCUT2D eigenvalue weighted by Crippen LogP contribution is 2.20. The molecule has 1 heterocycles. The molecule has 0 aliphatic rings. The van der Waals surface area contributed by atoms with E-state index in [9.17, 15) is 4.79 Å². The number of nitrogens with zero attached hydrogens (tertiary/aromatic N) is 1. The van der Waals surface area contributed by atoms with E-state index in [1.54, 1.807) is 12.4 Å². The van der Waals surface area contributed by atoms with Crippen LogP contribution < -0.4 is 5.32 Å². The molecule has 0 saturated carbocycles. The second kappa shape index (κ2) is 7.82. The summed E-state index contributed by atoms with van der Waals surface area (Å²) in [6.07, 6.45) is 3.93. The van der Waals surface area contributed by atoms with Gasteiger partial charge in [-0.2, -0.15) is 0 Å².